The normalized spacial score (nSPS) is 15.1. The molecular weight excluding hydrogens is 322 g/mol. The Hall–Kier alpha value is -2.51. The minimum absolute atomic E-state index is 0.510. The molecule has 0 aromatic heterocycles. The molecule has 1 heterocycles. The minimum atomic E-state index is 0.510. The summed E-state index contributed by atoms with van der Waals surface area (Å²) in [4.78, 5) is 4.90. The van der Waals surface area contributed by atoms with Crippen molar-refractivity contribution in [1.82, 2.24) is 4.90 Å². The first kappa shape index (κ1) is 18.3. The van der Waals surface area contributed by atoms with Gasteiger partial charge in [-0.25, -0.2) is 0 Å². The number of hydrogen-bond acceptors (Lipinski definition) is 4. The zero-order valence-electron chi connectivity index (χ0n) is 15.7. The number of hydrogen-bond donors (Lipinski definition) is 0. The van der Waals surface area contributed by atoms with Crippen molar-refractivity contribution in [2.75, 3.05) is 37.6 Å². The lowest BCUT2D eigenvalue weighted by Gasteiger charge is -2.37. The largest absolute Gasteiger partial charge is 0.487 e. The Morgan fingerprint density at radius 3 is 2.42 bits per heavy atom. The van der Waals surface area contributed by atoms with E-state index in [9.17, 15) is 5.26 Å². The van der Waals surface area contributed by atoms with Crippen LogP contribution >= 0.6 is 0 Å². The van der Waals surface area contributed by atoms with E-state index in [2.05, 4.69) is 41.8 Å². The smallest absolute Gasteiger partial charge is 0.144 e. The highest BCUT2D eigenvalue weighted by Crippen LogP contribution is 2.31. The Balaban J connectivity index is 1.71. The van der Waals surface area contributed by atoms with Crippen LogP contribution in [0.1, 0.15) is 25.0 Å². The van der Waals surface area contributed by atoms with Crippen LogP contribution in [0.4, 0.5) is 5.69 Å². The maximum Gasteiger partial charge on any atom is 0.144 e. The first-order valence-corrected chi connectivity index (χ1v) is 9.34. The summed E-state index contributed by atoms with van der Waals surface area (Å²) in [5, 5.41) is 9.24. The van der Waals surface area contributed by atoms with Crippen LogP contribution in [0.2, 0.25) is 0 Å². The van der Waals surface area contributed by atoms with Gasteiger partial charge in [-0.1, -0.05) is 44.2 Å². The highest BCUT2D eigenvalue weighted by molar-refractivity contribution is 5.61. The second-order valence-corrected chi connectivity index (χ2v) is 7.25. The average Bonchev–Trinajstić information content (AvgIpc) is 2.67. The lowest BCUT2D eigenvalue weighted by Crippen LogP contribution is -2.47. The summed E-state index contributed by atoms with van der Waals surface area (Å²) in [6.07, 6.45) is 0. The summed E-state index contributed by atoms with van der Waals surface area (Å²) in [7, 11) is 0. The maximum absolute atomic E-state index is 9.24. The van der Waals surface area contributed by atoms with Crippen LogP contribution in [0, 0.1) is 17.2 Å². The molecule has 3 rings (SSSR count). The van der Waals surface area contributed by atoms with Crippen LogP contribution in [0.3, 0.4) is 0 Å². The molecule has 26 heavy (non-hydrogen) atoms. The van der Waals surface area contributed by atoms with Gasteiger partial charge in [-0.15, -0.1) is 0 Å². The fraction of sp³-hybridized carbons (Fsp3) is 0.409. The molecule has 0 spiro atoms. The van der Waals surface area contributed by atoms with Crippen LogP contribution in [0.5, 0.6) is 5.75 Å². The summed E-state index contributed by atoms with van der Waals surface area (Å²) >= 11 is 0. The summed E-state index contributed by atoms with van der Waals surface area (Å²) in [6, 6.07) is 18.1. The molecule has 4 nitrogen and oxygen atoms in total. The molecule has 1 saturated heterocycles. The molecule has 2 aromatic rings. The van der Waals surface area contributed by atoms with Crippen molar-refractivity contribution < 1.29 is 4.74 Å². The van der Waals surface area contributed by atoms with E-state index >= 15 is 0 Å². The summed E-state index contributed by atoms with van der Waals surface area (Å²) in [5.41, 5.74) is 2.85. The molecule has 1 aliphatic heterocycles. The summed E-state index contributed by atoms with van der Waals surface area (Å²) in [6.45, 7) is 10.3. The Morgan fingerprint density at radius 2 is 1.77 bits per heavy atom. The first-order chi connectivity index (χ1) is 12.7. The molecule has 4 heteroatoms. The highest BCUT2D eigenvalue weighted by atomic mass is 16.5. The number of nitrogens with zero attached hydrogens (tertiary/aromatic N) is 3. The molecule has 0 N–H and O–H groups in total. The van der Waals surface area contributed by atoms with Crippen LogP contribution in [-0.2, 0) is 6.61 Å². The second kappa shape index (κ2) is 8.73. The molecule has 136 valence electrons. The molecule has 2 aromatic carbocycles. The van der Waals surface area contributed by atoms with E-state index < -0.39 is 0 Å². The Bertz CT molecular complexity index is 744. The molecule has 0 saturated carbocycles. The highest BCUT2D eigenvalue weighted by Gasteiger charge is 2.20. The van der Waals surface area contributed by atoms with Gasteiger partial charge in [0.25, 0.3) is 0 Å². The van der Waals surface area contributed by atoms with E-state index in [1.807, 2.05) is 36.4 Å². The molecule has 0 radical (unpaired) electrons. The average molecular weight is 349 g/mol. The summed E-state index contributed by atoms with van der Waals surface area (Å²) in [5.74, 6) is 1.49. The number of nitriles is 1. The van der Waals surface area contributed by atoms with Gasteiger partial charge < -0.3 is 9.64 Å². The second-order valence-electron chi connectivity index (χ2n) is 7.25. The van der Waals surface area contributed by atoms with E-state index in [-0.39, 0.29) is 0 Å². The van der Waals surface area contributed by atoms with Gasteiger partial charge in [0.2, 0.25) is 0 Å². The number of anilines is 1. The molecule has 1 aliphatic rings. The van der Waals surface area contributed by atoms with Gasteiger partial charge in [0.1, 0.15) is 12.4 Å². The van der Waals surface area contributed by atoms with Crippen LogP contribution < -0.4 is 9.64 Å². The van der Waals surface area contributed by atoms with E-state index in [4.69, 9.17) is 4.74 Å². The molecule has 1 fully saturated rings. The van der Waals surface area contributed by atoms with Gasteiger partial charge >= 0.3 is 0 Å². The van der Waals surface area contributed by atoms with Gasteiger partial charge in [0, 0.05) is 38.8 Å². The van der Waals surface area contributed by atoms with Crippen LogP contribution in [-0.4, -0.2) is 37.6 Å². The molecule has 0 amide bonds. The first-order valence-electron chi connectivity index (χ1n) is 9.34. The predicted molar refractivity (Wildman–Crippen MR) is 105 cm³/mol. The quantitative estimate of drug-likeness (QED) is 0.792. The van der Waals surface area contributed by atoms with Crippen molar-refractivity contribution in [3.63, 3.8) is 0 Å². The van der Waals surface area contributed by atoms with Crippen molar-refractivity contribution in [3.05, 3.63) is 59.7 Å². The zero-order chi connectivity index (χ0) is 18.4. The summed E-state index contributed by atoms with van der Waals surface area (Å²) < 4.78 is 6.10. The molecule has 0 unspecified atom stereocenters. The monoisotopic (exact) mass is 349 g/mol. The molecular formula is C22H27N3O. The van der Waals surface area contributed by atoms with E-state index in [1.54, 1.807) is 0 Å². The fourth-order valence-corrected chi connectivity index (χ4v) is 3.38. The van der Waals surface area contributed by atoms with Gasteiger partial charge in [-0.05, 0) is 23.6 Å². The fourth-order valence-electron chi connectivity index (χ4n) is 3.38. The van der Waals surface area contributed by atoms with Crippen molar-refractivity contribution >= 4 is 5.69 Å². The molecule has 0 bridgehead atoms. The van der Waals surface area contributed by atoms with E-state index in [1.165, 1.54) is 0 Å². The zero-order valence-corrected chi connectivity index (χ0v) is 15.7. The molecule has 0 aliphatic carbocycles. The van der Waals surface area contributed by atoms with Gasteiger partial charge in [0.15, 0.2) is 0 Å². The van der Waals surface area contributed by atoms with Crippen LogP contribution in [0.15, 0.2) is 48.5 Å². The number of piperazine rings is 1. The van der Waals surface area contributed by atoms with Gasteiger partial charge in [-0.3, -0.25) is 4.90 Å². The number of ether oxygens (including phenoxy) is 1. The number of benzene rings is 2. The number of rotatable bonds is 6. The van der Waals surface area contributed by atoms with E-state index in [0.717, 1.165) is 49.7 Å². The van der Waals surface area contributed by atoms with Crippen molar-refractivity contribution in [3.8, 4) is 11.8 Å². The third-order valence-electron chi connectivity index (χ3n) is 4.66. The third kappa shape index (κ3) is 4.77. The lowest BCUT2D eigenvalue weighted by molar-refractivity contribution is 0.230. The SMILES string of the molecule is CC(C)CN1CCN(c2ccc(C#N)cc2OCc2ccccc2)CC1. The standard InChI is InChI=1S/C22H27N3O/c1-18(2)16-24-10-12-25(13-11-24)21-9-8-20(15-23)14-22(21)26-17-19-6-4-3-5-7-19/h3-9,14,18H,10-13,16-17H2,1-2H3. The lowest BCUT2D eigenvalue weighted by atomic mass is 10.1. The van der Waals surface area contributed by atoms with Crippen molar-refractivity contribution in [1.29, 1.82) is 5.26 Å². The minimum Gasteiger partial charge on any atom is -0.487 e. The van der Waals surface area contributed by atoms with Gasteiger partial charge in [0.05, 0.1) is 17.3 Å². The topological polar surface area (TPSA) is 39.5 Å². The molecule has 0 atom stereocenters. The predicted octanol–water partition coefficient (Wildman–Crippen LogP) is 3.92. The third-order valence-corrected chi connectivity index (χ3v) is 4.66. The maximum atomic E-state index is 9.24. The van der Waals surface area contributed by atoms with Crippen molar-refractivity contribution in [2.45, 2.75) is 20.5 Å². The van der Waals surface area contributed by atoms with Crippen molar-refractivity contribution in [2.24, 2.45) is 5.92 Å². The Labute approximate surface area is 156 Å². The van der Waals surface area contributed by atoms with Gasteiger partial charge in [-0.2, -0.15) is 5.26 Å². The Kier molecular flexibility index (Phi) is 6.14. The van der Waals surface area contributed by atoms with E-state index in [0.29, 0.717) is 18.1 Å². The van der Waals surface area contributed by atoms with Crippen LogP contribution in [0.25, 0.3) is 0 Å². The Morgan fingerprint density at radius 1 is 1.04 bits per heavy atom.